The summed E-state index contributed by atoms with van der Waals surface area (Å²) < 4.78 is 0. The average molecular weight is 204 g/mol. The summed E-state index contributed by atoms with van der Waals surface area (Å²) in [5.41, 5.74) is 8.78. The first kappa shape index (κ1) is 9.86. The minimum absolute atomic E-state index is 0.639. The highest BCUT2D eigenvalue weighted by molar-refractivity contribution is 5.94. The second-order valence-corrected chi connectivity index (χ2v) is 3.43. The molecule has 0 unspecified atom stereocenters. The van der Waals surface area contributed by atoms with Gasteiger partial charge in [0.1, 0.15) is 0 Å². The zero-order valence-electron chi connectivity index (χ0n) is 8.80. The second-order valence-electron chi connectivity index (χ2n) is 3.43. The smallest absolute Gasteiger partial charge is 0.0691 e. The van der Waals surface area contributed by atoms with E-state index < -0.39 is 0 Å². The van der Waals surface area contributed by atoms with Crippen molar-refractivity contribution >= 4 is 22.3 Å². The van der Waals surface area contributed by atoms with Crippen LogP contribution in [0.3, 0.4) is 0 Å². The van der Waals surface area contributed by atoms with Gasteiger partial charge in [-0.15, -0.1) is 0 Å². The number of aromatic amines is 1. The van der Waals surface area contributed by atoms with Crippen molar-refractivity contribution in [2.75, 3.05) is 30.8 Å². The number of hydrogen-bond acceptors (Lipinski definition) is 3. The van der Waals surface area contributed by atoms with E-state index in [1.165, 1.54) is 5.39 Å². The lowest BCUT2D eigenvalue weighted by molar-refractivity contribution is 1.02. The lowest BCUT2D eigenvalue weighted by Gasteiger charge is -2.08. The van der Waals surface area contributed by atoms with Gasteiger partial charge in [-0.2, -0.15) is 0 Å². The average Bonchev–Trinajstić information content (AvgIpc) is 2.73. The van der Waals surface area contributed by atoms with Crippen molar-refractivity contribution < 1.29 is 0 Å². The minimum atomic E-state index is 0.639. The van der Waals surface area contributed by atoms with Crippen LogP contribution >= 0.6 is 0 Å². The quantitative estimate of drug-likeness (QED) is 0.611. The number of hydrogen-bond donors (Lipinski definition) is 4. The summed E-state index contributed by atoms with van der Waals surface area (Å²) >= 11 is 0. The molecular weight excluding hydrogens is 188 g/mol. The lowest BCUT2D eigenvalue weighted by atomic mass is 10.2. The molecule has 0 aliphatic heterocycles. The Balaban J connectivity index is 2.40. The van der Waals surface area contributed by atoms with Crippen LogP contribution in [0, 0.1) is 0 Å². The van der Waals surface area contributed by atoms with Crippen LogP contribution in [0.5, 0.6) is 0 Å². The molecular formula is C11H16N4. The molecule has 2 rings (SSSR count). The van der Waals surface area contributed by atoms with Gasteiger partial charge in [0.25, 0.3) is 0 Å². The Morgan fingerprint density at radius 1 is 1.40 bits per heavy atom. The summed E-state index contributed by atoms with van der Waals surface area (Å²) in [4.78, 5) is 3.21. The largest absolute Gasteiger partial charge is 0.386 e. The van der Waals surface area contributed by atoms with Gasteiger partial charge in [0.05, 0.1) is 11.2 Å². The van der Waals surface area contributed by atoms with E-state index in [0.29, 0.717) is 6.54 Å². The van der Waals surface area contributed by atoms with E-state index in [1.807, 2.05) is 13.2 Å². The normalized spacial score (nSPS) is 10.5. The topological polar surface area (TPSA) is 65.9 Å². The van der Waals surface area contributed by atoms with Gasteiger partial charge in [-0.25, -0.2) is 0 Å². The number of aromatic nitrogens is 1. The van der Waals surface area contributed by atoms with Crippen molar-refractivity contribution in [3.05, 3.63) is 24.4 Å². The fourth-order valence-electron chi connectivity index (χ4n) is 1.69. The number of fused-ring (bicyclic) bond motifs is 1. The molecule has 0 aliphatic rings. The van der Waals surface area contributed by atoms with Crippen molar-refractivity contribution in [1.29, 1.82) is 0 Å². The molecule has 4 heteroatoms. The summed E-state index contributed by atoms with van der Waals surface area (Å²) in [5, 5.41) is 7.64. The van der Waals surface area contributed by atoms with E-state index in [0.717, 1.165) is 23.4 Å². The van der Waals surface area contributed by atoms with Crippen molar-refractivity contribution in [2.24, 2.45) is 5.73 Å². The first-order chi connectivity index (χ1) is 7.35. The van der Waals surface area contributed by atoms with Crippen LogP contribution in [-0.4, -0.2) is 25.1 Å². The van der Waals surface area contributed by atoms with E-state index >= 15 is 0 Å². The fraction of sp³-hybridized carbons (Fsp3) is 0.273. The molecule has 2 aromatic rings. The van der Waals surface area contributed by atoms with Crippen LogP contribution in [0.25, 0.3) is 10.9 Å². The predicted octanol–water partition coefficient (Wildman–Crippen LogP) is 1.58. The first-order valence-electron chi connectivity index (χ1n) is 5.08. The van der Waals surface area contributed by atoms with Crippen LogP contribution in [0.1, 0.15) is 0 Å². The summed E-state index contributed by atoms with van der Waals surface area (Å²) in [6.07, 6.45) is 1.94. The van der Waals surface area contributed by atoms with Gasteiger partial charge in [-0.3, -0.25) is 0 Å². The highest BCUT2D eigenvalue weighted by Crippen LogP contribution is 2.26. The lowest BCUT2D eigenvalue weighted by Crippen LogP contribution is -2.13. The molecule has 0 fully saturated rings. The Kier molecular flexibility index (Phi) is 2.78. The molecule has 15 heavy (non-hydrogen) atoms. The first-order valence-corrected chi connectivity index (χ1v) is 5.08. The van der Waals surface area contributed by atoms with Crippen molar-refractivity contribution in [3.63, 3.8) is 0 Å². The highest BCUT2D eigenvalue weighted by Gasteiger charge is 2.02. The molecule has 1 aromatic heterocycles. The van der Waals surface area contributed by atoms with E-state index in [4.69, 9.17) is 5.73 Å². The van der Waals surface area contributed by atoms with Crippen LogP contribution in [0.15, 0.2) is 24.4 Å². The maximum Gasteiger partial charge on any atom is 0.0691 e. The van der Waals surface area contributed by atoms with E-state index in [2.05, 4.69) is 33.8 Å². The van der Waals surface area contributed by atoms with Gasteiger partial charge in [0.2, 0.25) is 0 Å². The number of nitrogens with one attached hydrogen (secondary N) is 3. The standard InChI is InChI=1S/C11H16N4/c1-13-10-7-9(14-5-3-12)6-8-2-4-15-11(8)10/h2,4,6-7,13-15H,3,5,12H2,1H3. The van der Waals surface area contributed by atoms with Gasteiger partial charge in [-0.1, -0.05) is 0 Å². The molecule has 0 aliphatic carbocycles. The monoisotopic (exact) mass is 204 g/mol. The summed E-state index contributed by atoms with van der Waals surface area (Å²) in [6, 6.07) is 6.25. The molecule has 0 spiro atoms. The van der Waals surface area contributed by atoms with Gasteiger partial charge >= 0.3 is 0 Å². The Morgan fingerprint density at radius 3 is 3.00 bits per heavy atom. The summed E-state index contributed by atoms with van der Waals surface area (Å²) in [7, 11) is 1.92. The van der Waals surface area contributed by atoms with E-state index in [-0.39, 0.29) is 0 Å². The molecule has 4 nitrogen and oxygen atoms in total. The molecule has 80 valence electrons. The number of nitrogens with two attached hydrogens (primary N) is 1. The van der Waals surface area contributed by atoms with Crippen LogP contribution in [0.2, 0.25) is 0 Å². The fourth-order valence-corrected chi connectivity index (χ4v) is 1.69. The molecule has 1 heterocycles. The predicted molar refractivity (Wildman–Crippen MR) is 65.4 cm³/mol. The molecule has 0 bridgehead atoms. The SMILES string of the molecule is CNc1cc(NCCN)cc2cc[nH]c12. The maximum atomic E-state index is 5.46. The third kappa shape index (κ3) is 1.89. The summed E-state index contributed by atoms with van der Waals surface area (Å²) in [5.74, 6) is 0. The Hall–Kier alpha value is -1.68. The van der Waals surface area contributed by atoms with Gasteiger partial charge in [-0.05, 0) is 18.2 Å². The molecule has 1 aromatic carbocycles. The molecule has 5 N–H and O–H groups in total. The Labute approximate surface area is 88.9 Å². The Bertz CT molecular complexity index is 447. The van der Waals surface area contributed by atoms with Gasteiger partial charge < -0.3 is 21.4 Å². The van der Waals surface area contributed by atoms with Crippen LogP contribution in [-0.2, 0) is 0 Å². The molecule has 0 saturated heterocycles. The van der Waals surface area contributed by atoms with Crippen molar-refractivity contribution in [3.8, 4) is 0 Å². The van der Waals surface area contributed by atoms with Crippen molar-refractivity contribution in [2.45, 2.75) is 0 Å². The van der Waals surface area contributed by atoms with Crippen LogP contribution < -0.4 is 16.4 Å². The molecule has 0 saturated carbocycles. The third-order valence-corrected chi connectivity index (χ3v) is 2.40. The molecule has 0 amide bonds. The van der Waals surface area contributed by atoms with E-state index in [9.17, 15) is 0 Å². The zero-order chi connectivity index (χ0) is 10.7. The third-order valence-electron chi connectivity index (χ3n) is 2.40. The van der Waals surface area contributed by atoms with Gasteiger partial charge in [0.15, 0.2) is 0 Å². The van der Waals surface area contributed by atoms with E-state index in [1.54, 1.807) is 0 Å². The number of benzene rings is 1. The molecule has 0 atom stereocenters. The zero-order valence-corrected chi connectivity index (χ0v) is 8.80. The Morgan fingerprint density at radius 2 is 2.27 bits per heavy atom. The number of H-pyrrole nitrogens is 1. The number of anilines is 2. The second kappa shape index (κ2) is 4.23. The van der Waals surface area contributed by atoms with Gasteiger partial charge in [0, 0.05) is 37.4 Å². The van der Waals surface area contributed by atoms with Crippen LogP contribution in [0.4, 0.5) is 11.4 Å². The molecule has 0 radical (unpaired) electrons. The minimum Gasteiger partial charge on any atom is -0.386 e. The van der Waals surface area contributed by atoms with Crippen molar-refractivity contribution in [1.82, 2.24) is 4.98 Å². The highest BCUT2D eigenvalue weighted by atomic mass is 14.9. The summed E-state index contributed by atoms with van der Waals surface area (Å²) in [6.45, 7) is 1.43. The number of rotatable bonds is 4. The maximum absolute atomic E-state index is 5.46.